The minimum Gasteiger partial charge on any atom is -0.482 e. The number of nitrogens with one attached hydrogen (secondary N) is 1. The molecule has 1 aliphatic rings. The van der Waals surface area contributed by atoms with E-state index in [1.165, 1.54) is 23.8 Å². The third kappa shape index (κ3) is 7.84. The molecule has 1 saturated heterocycles. The van der Waals surface area contributed by atoms with Gasteiger partial charge in [-0.2, -0.15) is 0 Å². The van der Waals surface area contributed by atoms with E-state index in [9.17, 15) is 13.2 Å². The fourth-order valence-corrected chi connectivity index (χ4v) is 4.98. The highest BCUT2D eigenvalue weighted by atomic mass is 35.5. The van der Waals surface area contributed by atoms with Crippen molar-refractivity contribution in [3.05, 3.63) is 65.2 Å². The summed E-state index contributed by atoms with van der Waals surface area (Å²) in [5, 5.41) is 0.148. The van der Waals surface area contributed by atoms with Gasteiger partial charge >= 0.3 is 0 Å². The molecule has 34 heavy (non-hydrogen) atoms. The number of amides is 1. The van der Waals surface area contributed by atoms with Crippen LogP contribution in [0, 0.1) is 5.92 Å². The SMILES string of the molecule is CC(C)CNS(=O)(=O)c1ccc(OCC(=O)N2CCN(C/C=C/c3ccccc3)CC2)c(Cl)c1. The van der Waals surface area contributed by atoms with Crippen molar-refractivity contribution in [3.8, 4) is 5.75 Å². The van der Waals surface area contributed by atoms with E-state index in [1.54, 1.807) is 4.90 Å². The zero-order valence-corrected chi connectivity index (χ0v) is 21.2. The molecule has 0 spiro atoms. The molecule has 1 aliphatic heterocycles. The third-order valence-corrected chi connectivity index (χ3v) is 7.16. The quantitative estimate of drug-likeness (QED) is 0.534. The molecule has 184 valence electrons. The van der Waals surface area contributed by atoms with Gasteiger partial charge in [-0.3, -0.25) is 9.69 Å². The molecule has 1 amide bonds. The lowest BCUT2D eigenvalue weighted by Gasteiger charge is -2.34. The average molecular weight is 506 g/mol. The molecule has 0 bridgehead atoms. The van der Waals surface area contributed by atoms with Gasteiger partial charge in [0.25, 0.3) is 5.91 Å². The highest BCUT2D eigenvalue weighted by Crippen LogP contribution is 2.27. The molecule has 2 aromatic carbocycles. The van der Waals surface area contributed by atoms with Crippen molar-refractivity contribution in [2.75, 3.05) is 45.9 Å². The number of hydrogen-bond donors (Lipinski definition) is 1. The van der Waals surface area contributed by atoms with Crippen molar-refractivity contribution < 1.29 is 17.9 Å². The Balaban J connectivity index is 1.44. The Labute approximate surface area is 207 Å². The van der Waals surface area contributed by atoms with Crippen molar-refractivity contribution in [2.24, 2.45) is 5.92 Å². The Kier molecular flexibility index (Phi) is 9.53. The molecular formula is C25H32ClN3O4S. The standard InChI is InChI=1S/C25H32ClN3O4S/c1-20(2)18-27-34(31,32)22-10-11-24(23(26)17-22)33-19-25(30)29-15-13-28(14-16-29)12-6-9-21-7-4-3-5-8-21/h3-11,17,20,27H,12-16,18-19H2,1-2H3/b9-6+. The molecule has 3 rings (SSSR count). The molecule has 0 unspecified atom stereocenters. The fraction of sp³-hybridized carbons (Fsp3) is 0.400. The van der Waals surface area contributed by atoms with Crippen LogP contribution >= 0.6 is 11.6 Å². The lowest BCUT2D eigenvalue weighted by molar-refractivity contribution is -0.135. The van der Waals surface area contributed by atoms with Gasteiger partial charge in [0.1, 0.15) is 5.75 Å². The van der Waals surface area contributed by atoms with Gasteiger partial charge < -0.3 is 9.64 Å². The molecule has 0 saturated carbocycles. The number of rotatable bonds is 10. The van der Waals surface area contributed by atoms with E-state index >= 15 is 0 Å². The summed E-state index contributed by atoms with van der Waals surface area (Å²) in [6, 6.07) is 14.4. The summed E-state index contributed by atoms with van der Waals surface area (Å²) in [5.41, 5.74) is 1.17. The van der Waals surface area contributed by atoms with Gasteiger partial charge in [0.15, 0.2) is 6.61 Å². The maximum Gasteiger partial charge on any atom is 0.260 e. The maximum atomic E-state index is 12.6. The number of hydrogen-bond acceptors (Lipinski definition) is 5. The highest BCUT2D eigenvalue weighted by Gasteiger charge is 2.22. The number of nitrogens with zero attached hydrogens (tertiary/aromatic N) is 2. The maximum absolute atomic E-state index is 12.6. The first-order valence-corrected chi connectivity index (χ1v) is 13.2. The molecule has 1 N–H and O–H groups in total. The zero-order chi connectivity index (χ0) is 24.6. The van der Waals surface area contributed by atoms with Gasteiger partial charge in [0.05, 0.1) is 9.92 Å². The molecule has 2 aromatic rings. The Morgan fingerprint density at radius 2 is 1.82 bits per heavy atom. The number of benzene rings is 2. The number of halogens is 1. The van der Waals surface area contributed by atoms with Crippen LogP contribution in [-0.4, -0.2) is 70.0 Å². The molecule has 0 atom stereocenters. The number of sulfonamides is 1. The summed E-state index contributed by atoms with van der Waals surface area (Å²) in [4.78, 5) is 16.7. The Bertz CT molecular complexity index is 1080. The van der Waals surface area contributed by atoms with Gasteiger partial charge in [0.2, 0.25) is 10.0 Å². The third-order valence-electron chi connectivity index (χ3n) is 5.44. The van der Waals surface area contributed by atoms with E-state index < -0.39 is 10.0 Å². The van der Waals surface area contributed by atoms with Gasteiger partial charge in [-0.05, 0) is 29.7 Å². The van der Waals surface area contributed by atoms with E-state index in [0.717, 1.165) is 19.6 Å². The molecule has 0 aliphatic carbocycles. The Morgan fingerprint density at radius 3 is 2.47 bits per heavy atom. The van der Waals surface area contributed by atoms with Crippen LogP contribution in [-0.2, 0) is 14.8 Å². The van der Waals surface area contributed by atoms with Gasteiger partial charge in [0, 0.05) is 39.3 Å². The fourth-order valence-electron chi connectivity index (χ4n) is 3.44. The molecule has 0 radical (unpaired) electrons. The first-order chi connectivity index (χ1) is 16.2. The predicted molar refractivity (Wildman–Crippen MR) is 135 cm³/mol. The van der Waals surface area contributed by atoms with Crippen LogP contribution in [0.2, 0.25) is 5.02 Å². The largest absolute Gasteiger partial charge is 0.482 e. The van der Waals surface area contributed by atoms with E-state index in [0.29, 0.717) is 19.6 Å². The van der Waals surface area contributed by atoms with Crippen molar-refractivity contribution >= 4 is 33.6 Å². The van der Waals surface area contributed by atoms with Crippen molar-refractivity contribution in [1.82, 2.24) is 14.5 Å². The van der Waals surface area contributed by atoms with Gasteiger partial charge in [-0.15, -0.1) is 0 Å². The normalized spacial score (nSPS) is 15.2. The number of carbonyl (C=O) groups excluding carboxylic acids is 1. The summed E-state index contributed by atoms with van der Waals surface area (Å²) in [5.74, 6) is 0.347. The second-order valence-corrected chi connectivity index (χ2v) is 10.8. The second kappa shape index (κ2) is 12.4. The first kappa shape index (κ1) is 26.2. The van der Waals surface area contributed by atoms with Gasteiger partial charge in [-0.25, -0.2) is 13.1 Å². The Morgan fingerprint density at radius 1 is 1.12 bits per heavy atom. The van der Waals surface area contributed by atoms with E-state index in [4.69, 9.17) is 16.3 Å². The Hall–Kier alpha value is -2.39. The summed E-state index contributed by atoms with van der Waals surface area (Å²) >= 11 is 6.22. The molecule has 0 aromatic heterocycles. The zero-order valence-electron chi connectivity index (χ0n) is 19.6. The van der Waals surface area contributed by atoms with Crippen LogP contribution < -0.4 is 9.46 Å². The first-order valence-electron chi connectivity index (χ1n) is 11.4. The van der Waals surface area contributed by atoms with E-state index in [2.05, 4.69) is 33.9 Å². The topological polar surface area (TPSA) is 78.9 Å². The van der Waals surface area contributed by atoms with E-state index in [-0.39, 0.29) is 34.1 Å². The van der Waals surface area contributed by atoms with Crippen molar-refractivity contribution in [1.29, 1.82) is 0 Å². The minimum atomic E-state index is -3.65. The average Bonchev–Trinajstić information content (AvgIpc) is 2.83. The van der Waals surface area contributed by atoms with Crippen LogP contribution in [0.4, 0.5) is 0 Å². The molecular weight excluding hydrogens is 474 g/mol. The van der Waals surface area contributed by atoms with E-state index in [1.807, 2.05) is 32.0 Å². The van der Waals surface area contributed by atoms with Crippen LogP contribution in [0.5, 0.6) is 5.75 Å². The smallest absolute Gasteiger partial charge is 0.260 e. The molecule has 1 heterocycles. The minimum absolute atomic E-state index is 0.0641. The molecule has 9 heteroatoms. The monoisotopic (exact) mass is 505 g/mol. The summed E-state index contributed by atoms with van der Waals surface area (Å²) in [6.07, 6.45) is 4.24. The summed E-state index contributed by atoms with van der Waals surface area (Å²) in [7, 11) is -3.65. The lowest BCUT2D eigenvalue weighted by atomic mass is 10.2. The van der Waals surface area contributed by atoms with Crippen LogP contribution in [0.3, 0.4) is 0 Å². The van der Waals surface area contributed by atoms with Crippen LogP contribution in [0.25, 0.3) is 6.08 Å². The van der Waals surface area contributed by atoms with Crippen molar-refractivity contribution in [3.63, 3.8) is 0 Å². The second-order valence-electron chi connectivity index (χ2n) is 8.62. The summed E-state index contributed by atoms with van der Waals surface area (Å²) in [6.45, 7) is 7.72. The molecule has 1 fully saturated rings. The number of ether oxygens (including phenoxy) is 1. The number of piperazine rings is 1. The van der Waals surface area contributed by atoms with Gasteiger partial charge in [-0.1, -0.05) is 67.9 Å². The highest BCUT2D eigenvalue weighted by molar-refractivity contribution is 7.89. The lowest BCUT2D eigenvalue weighted by Crippen LogP contribution is -2.49. The van der Waals surface area contributed by atoms with Crippen LogP contribution in [0.1, 0.15) is 19.4 Å². The predicted octanol–water partition coefficient (Wildman–Crippen LogP) is 3.51. The summed E-state index contributed by atoms with van der Waals surface area (Å²) < 4.78 is 32.9. The van der Waals surface area contributed by atoms with Crippen molar-refractivity contribution in [2.45, 2.75) is 18.7 Å². The number of carbonyl (C=O) groups is 1. The molecule has 7 nitrogen and oxygen atoms in total. The van der Waals surface area contributed by atoms with Crippen LogP contribution in [0.15, 0.2) is 59.5 Å².